The van der Waals surface area contributed by atoms with Gasteiger partial charge in [-0.1, -0.05) is 0 Å². The number of anilines is 2. The molecule has 0 aliphatic carbocycles. The van der Waals surface area contributed by atoms with Crippen LogP contribution in [-0.4, -0.2) is 67.9 Å². The molecule has 9 nitrogen and oxygen atoms in total. The maximum atomic E-state index is 13.1. The largest absolute Gasteiger partial charge is 0.494 e. The van der Waals surface area contributed by atoms with E-state index in [1.807, 2.05) is 31.2 Å². The molecule has 0 atom stereocenters. The number of fused-ring (bicyclic) bond motifs is 1. The number of halogens is 3. The minimum atomic E-state index is -1.15. The van der Waals surface area contributed by atoms with Crippen LogP contribution in [0.1, 0.15) is 48.8 Å². The maximum absolute atomic E-state index is 13.1. The van der Waals surface area contributed by atoms with Gasteiger partial charge in [0, 0.05) is 63.8 Å². The molecule has 45 heavy (non-hydrogen) atoms. The Hall–Kier alpha value is -3.73. The Morgan fingerprint density at radius 1 is 1.02 bits per heavy atom. The van der Waals surface area contributed by atoms with E-state index in [-0.39, 0.29) is 48.4 Å². The van der Waals surface area contributed by atoms with Crippen molar-refractivity contribution >= 4 is 53.9 Å². The van der Waals surface area contributed by atoms with Gasteiger partial charge in [-0.05, 0) is 87.7 Å². The Labute approximate surface area is 276 Å². The maximum Gasteiger partial charge on any atom is 0.253 e. The lowest BCUT2D eigenvalue weighted by molar-refractivity contribution is -0.137. The second-order valence-corrected chi connectivity index (χ2v) is 11.2. The highest BCUT2D eigenvalue weighted by atomic mass is 35.5. The summed E-state index contributed by atoms with van der Waals surface area (Å²) in [5.41, 5.74) is 2.70. The summed E-state index contributed by atoms with van der Waals surface area (Å²) >= 11 is 0. The summed E-state index contributed by atoms with van der Waals surface area (Å²) < 4.78 is 19.1. The molecule has 1 aromatic heterocycles. The zero-order valence-corrected chi connectivity index (χ0v) is 28.0. The number of carbonyl (C=O) groups is 3. The molecular formula is C33H42Cl2FN5O4. The first-order valence-electron chi connectivity index (χ1n) is 14.6. The second-order valence-electron chi connectivity index (χ2n) is 11.2. The first-order chi connectivity index (χ1) is 20.5. The van der Waals surface area contributed by atoms with Gasteiger partial charge in [-0.2, -0.15) is 0 Å². The summed E-state index contributed by atoms with van der Waals surface area (Å²) in [5, 5.41) is 3.36. The van der Waals surface area contributed by atoms with Crippen LogP contribution in [0, 0.1) is 11.2 Å². The van der Waals surface area contributed by atoms with E-state index in [4.69, 9.17) is 4.74 Å². The molecule has 2 heterocycles. The topological polar surface area (TPSA) is 95.1 Å². The number of hydrogen-bond donors (Lipinski definition) is 1. The Balaban J connectivity index is 0.00000353. The Bertz CT molecular complexity index is 1470. The SMILES string of the molecule is CCN1C(=O)C(C)(C)C(=O)N(C)c2cc(OCCCc3cc(CNCCN(C)C(=O)c4ccc(F)cc4)ccn3)ccc21.Cl.Cl. The van der Waals surface area contributed by atoms with Gasteiger partial charge in [0.25, 0.3) is 5.91 Å². The standard InChI is InChI=1S/C33H40FN5O4.2ClH/c1-6-39-28-14-13-27(21-29(28)38(5)31(41)33(2,3)32(39)42)43-19-7-8-26-20-23(15-16-36-26)22-35-17-18-37(4)30(40)24-9-11-25(34)12-10-24;;/h9-16,20-21,35H,6-8,17-19,22H2,1-5H3;2*1H. The third-order valence-corrected chi connectivity index (χ3v) is 7.65. The summed E-state index contributed by atoms with van der Waals surface area (Å²) in [6.07, 6.45) is 3.27. The number of amides is 3. The third-order valence-electron chi connectivity index (χ3n) is 7.65. The zero-order chi connectivity index (χ0) is 31.1. The molecule has 1 aliphatic rings. The minimum Gasteiger partial charge on any atom is -0.494 e. The Kier molecular flexibility index (Phi) is 13.8. The van der Waals surface area contributed by atoms with E-state index in [9.17, 15) is 18.8 Å². The number of aryl methyl sites for hydroxylation is 1. The van der Waals surface area contributed by atoms with Gasteiger partial charge in [-0.15, -0.1) is 24.8 Å². The summed E-state index contributed by atoms with van der Waals surface area (Å²) in [6, 6.07) is 15.1. The molecule has 1 aliphatic heterocycles. The lowest BCUT2D eigenvalue weighted by atomic mass is 9.90. The number of rotatable bonds is 12. The van der Waals surface area contributed by atoms with Crippen LogP contribution >= 0.6 is 24.8 Å². The van der Waals surface area contributed by atoms with Crippen molar-refractivity contribution in [2.45, 2.75) is 40.2 Å². The lowest BCUT2D eigenvalue weighted by Crippen LogP contribution is -2.47. The first-order valence-corrected chi connectivity index (χ1v) is 14.6. The van der Waals surface area contributed by atoms with Gasteiger partial charge in [0.05, 0.1) is 18.0 Å². The number of nitrogens with one attached hydrogen (secondary N) is 1. The third kappa shape index (κ3) is 8.93. The summed E-state index contributed by atoms with van der Waals surface area (Å²) in [4.78, 5) is 47.9. The van der Waals surface area contributed by atoms with Crippen LogP contribution in [0.15, 0.2) is 60.8 Å². The lowest BCUT2D eigenvalue weighted by Gasteiger charge is -2.27. The smallest absolute Gasteiger partial charge is 0.253 e. The van der Waals surface area contributed by atoms with E-state index in [0.717, 1.165) is 24.1 Å². The fraction of sp³-hybridized carbons (Fsp3) is 0.394. The van der Waals surface area contributed by atoms with E-state index in [1.165, 1.54) is 24.3 Å². The van der Waals surface area contributed by atoms with Gasteiger partial charge in [0.15, 0.2) is 0 Å². The molecule has 1 N–H and O–H groups in total. The molecule has 0 spiro atoms. The molecule has 2 aromatic carbocycles. The average Bonchev–Trinajstić information content (AvgIpc) is 3.05. The van der Waals surface area contributed by atoms with Crippen molar-refractivity contribution in [3.63, 3.8) is 0 Å². The summed E-state index contributed by atoms with van der Waals surface area (Å²) in [6.45, 7) is 7.93. The van der Waals surface area contributed by atoms with Crippen LogP contribution in [0.2, 0.25) is 0 Å². The minimum absolute atomic E-state index is 0. The van der Waals surface area contributed by atoms with E-state index < -0.39 is 5.41 Å². The number of likely N-dealkylation sites (N-methyl/N-ethyl adjacent to an activating group) is 1. The predicted molar refractivity (Wildman–Crippen MR) is 179 cm³/mol. The van der Waals surface area contributed by atoms with Crippen molar-refractivity contribution in [1.29, 1.82) is 0 Å². The molecule has 3 aromatic rings. The van der Waals surface area contributed by atoms with Crippen molar-refractivity contribution in [2.24, 2.45) is 5.41 Å². The Morgan fingerprint density at radius 3 is 2.42 bits per heavy atom. The summed E-state index contributed by atoms with van der Waals surface area (Å²) in [7, 11) is 3.42. The predicted octanol–water partition coefficient (Wildman–Crippen LogP) is 5.29. The van der Waals surface area contributed by atoms with Gasteiger partial charge in [-0.25, -0.2) is 4.39 Å². The molecular weight excluding hydrogens is 620 g/mol. The zero-order valence-electron chi connectivity index (χ0n) is 26.3. The van der Waals surface area contributed by atoms with E-state index in [0.29, 0.717) is 55.5 Å². The molecule has 0 bridgehead atoms. The molecule has 12 heteroatoms. The van der Waals surface area contributed by atoms with Crippen LogP contribution in [-0.2, 0) is 22.6 Å². The molecule has 0 unspecified atom stereocenters. The van der Waals surface area contributed by atoms with Crippen LogP contribution < -0.4 is 19.9 Å². The molecule has 0 saturated heterocycles. The normalized spacial score (nSPS) is 13.7. The summed E-state index contributed by atoms with van der Waals surface area (Å²) in [5.74, 6) is -0.348. The van der Waals surface area contributed by atoms with Crippen molar-refractivity contribution in [1.82, 2.24) is 15.2 Å². The number of hydrogen-bond acceptors (Lipinski definition) is 6. The molecule has 3 amide bonds. The van der Waals surface area contributed by atoms with Crippen LogP contribution in [0.3, 0.4) is 0 Å². The van der Waals surface area contributed by atoms with Gasteiger partial charge in [-0.3, -0.25) is 19.4 Å². The van der Waals surface area contributed by atoms with Gasteiger partial charge in [0.2, 0.25) is 11.8 Å². The Morgan fingerprint density at radius 2 is 1.73 bits per heavy atom. The van der Waals surface area contributed by atoms with Crippen LogP contribution in [0.4, 0.5) is 15.8 Å². The number of benzene rings is 2. The van der Waals surface area contributed by atoms with Gasteiger partial charge in [0.1, 0.15) is 17.0 Å². The van der Waals surface area contributed by atoms with Gasteiger partial charge < -0.3 is 24.8 Å². The fourth-order valence-corrected chi connectivity index (χ4v) is 5.08. The number of pyridine rings is 1. The van der Waals surface area contributed by atoms with Crippen LogP contribution in [0.5, 0.6) is 5.75 Å². The van der Waals surface area contributed by atoms with Crippen LogP contribution in [0.25, 0.3) is 0 Å². The average molecular weight is 663 g/mol. The number of aromatic nitrogens is 1. The second kappa shape index (κ2) is 16.5. The molecule has 244 valence electrons. The highest BCUT2D eigenvalue weighted by Gasteiger charge is 2.45. The highest BCUT2D eigenvalue weighted by molar-refractivity contribution is 6.20. The van der Waals surface area contributed by atoms with Crippen molar-refractivity contribution in [3.05, 3.63) is 83.4 Å². The highest BCUT2D eigenvalue weighted by Crippen LogP contribution is 2.40. The van der Waals surface area contributed by atoms with E-state index in [1.54, 1.807) is 48.8 Å². The van der Waals surface area contributed by atoms with Crippen molar-refractivity contribution < 1.29 is 23.5 Å². The number of ether oxygens (including phenoxy) is 1. The van der Waals surface area contributed by atoms with E-state index >= 15 is 0 Å². The van der Waals surface area contributed by atoms with E-state index in [2.05, 4.69) is 16.4 Å². The quantitative estimate of drug-likeness (QED) is 0.209. The monoisotopic (exact) mass is 661 g/mol. The first kappa shape index (κ1) is 37.5. The molecule has 0 fully saturated rings. The molecule has 0 saturated carbocycles. The van der Waals surface area contributed by atoms with Crippen molar-refractivity contribution in [2.75, 3.05) is 50.1 Å². The van der Waals surface area contributed by atoms with Crippen molar-refractivity contribution in [3.8, 4) is 5.75 Å². The molecule has 4 rings (SSSR count). The number of carbonyl (C=O) groups excluding carboxylic acids is 3. The molecule has 0 radical (unpaired) electrons. The number of nitrogens with zero attached hydrogens (tertiary/aromatic N) is 4. The fourth-order valence-electron chi connectivity index (χ4n) is 5.08. The van der Waals surface area contributed by atoms with Gasteiger partial charge >= 0.3 is 0 Å².